The number of hydrogen-bond donors (Lipinski definition) is 1. The van der Waals surface area contributed by atoms with Crippen LogP contribution in [-0.4, -0.2) is 16.1 Å². The first-order valence-electron chi connectivity index (χ1n) is 4.78. The average Bonchev–Trinajstić information content (AvgIpc) is 2.86. The van der Waals surface area contributed by atoms with Crippen LogP contribution in [0.25, 0.3) is 0 Å². The molecule has 0 spiro atoms. The highest BCUT2D eigenvalue weighted by molar-refractivity contribution is 5.16. The normalized spacial score (nSPS) is 18.9. The van der Waals surface area contributed by atoms with Crippen LogP contribution >= 0.6 is 0 Å². The summed E-state index contributed by atoms with van der Waals surface area (Å²) in [5, 5.41) is 9.71. The van der Waals surface area contributed by atoms with Gasteiger partial charge in [-0.25, -0.2) is 8.78 Å². The van der Waals surface area contributed by atoms with Crippen molar-refractivity contribution in [1.29, 1.82) is 0 Å². The third-order valence-corrected chi connectivity index (χ3v) is 2.53. The highest BCUT2D eigenvalue weighted by Crippen LogP contribution is 2.40. The highest BCUT2D eigenvalue weighted by Gasteiger charge is 2.31. The van der Waals surface area contributed by atoms with Gasteiger partial charge in [0.05, 0.1) is 12.6 Å². The Kier molecular flexibility index (Phi) is 2.54. The Morgan fingerprint density at radius 1 is 1.50 bits per heavy atom. The number of rotatable bonds is 4. The Morgan fingerprint density at radius 3 is 2.79 bits per heavy atom. The fraction of sp³-hybridized carbons (Fsp3) is 0.600. The van der Waals surface area contributed by atoms with Crippen LogP contribution in [0.15, 0.2) is 18.5 Å². The zero-order valence-corrected chi connectivity index (χ0v) is 7.74. The molecule has 14 heavy (non-hydrogen) atoms. The minimum atomic E-state index is -2.34. The van der Waals surface area contributed by atoms with Crippen molar-refractivity contribution in [2.45, 2.75) is 31.9 Å². The molecule has 0 saturated heterocycles. The van der Waals surface area contributed by atoms with Gasteiger partial charge in [-0.3, -0.25) is 0 Å². The van der Waals surface area contributed by atoms with Gasteiger partial charge in [0.2, 0.25) is 0 Å². The summed E-state index contributed by atoms with van der Waals surface area (Å²) in [7, 11) is 0. The van der Waals surface area contributed by atoms with Gasteiger partial charge in [0.25, 0.3) is 6.43 Å². The molecule has 2 rings (SSSR count). The Balaban J connectivity index is 2.01. The third kappa shape index (κ3) is 2.12. The summed E-state index contributed by atoms with van der Waals surface area (Å²) < 4.78 is 25.5. The second-order valence-electron chi connectivity index (χ2n) is 3.81. The van der Waals surface area contributed by atoms with Crippen molar-refractivity contribution in [2.24, 2.45) is 5.92 Å². The average molecular weight is 201 g/mol. The van der Waals surface area contributed by atoms with Crippen molar-refractivity contribution in [3.63, 3.8) is 0 Å². The van der Waals surface area contributed by atoms with Crippen molar-refractivity contribution in [1.82, 2.24) is 4.57 Å². The van der Waals surface area contributed by atoms with Gasteiger partial charge in [0.1, 0.15) is 0 Å². The molecule has 1 aliphatic rings. The number of nitrogens with zero attached hydrogens (tertiary/aromatic N) is 1. The quantitative estimate of drug-likeness (QED) is 0.793. The maximum atomic E-state index is 12.0. The number of alkyl halides is 2. The molecule has 4 heteroatoms. The molecule has 1 fully saturated rings. The molecule has 2 nitrogen and oxygen atoms in total. The molecule has 1 aromatic heterocycles. The zero-order valence-electron chi connectivity index (χ0n) is 7.74. The molecule has 1 atom stereocenters. The van der Waals surface area contributed by atoms with Gasteiger partial charge in [0.15, 0.2) is 0 Å². The van der Waals surface area contributed by atoms with Crippen LogP contribution < -0.4 is 0 Å². The predicted molar refractivity (Wildman–Crippen MR) is 48.1 cm³/mol. The summed E-state index contributed by atoms with van der Waals surface area (Å²) >= 11 is 0. The van der Waals surface area contributed by atoms with Gasteiger partial charge in [0, 0.05) is 12.4 Å². The SMILES string of the molecule is OC(c1ccn(CC(F)F)c1)C1CC1. The third-order valence-electron chi connectivity index (χ3n) is 2.53. The molecule has 1 aliphatic carbocycles. The fourth-order valence-corrected chi connectivity index (χ4v) is 1.59. The molecule has 0 aliphatic heterocycles. The first-order chi connectivity index (χ1) is 6.66. The van der Waals surface area contributed by atoms with Crippen LogP contribution in [0.3, 0.4) is 0 Å². The van der Waals surface area contributed by atoms with Crippen LogP contribution in [0.4, 0.5) is 8.78 Å². The molecule has 1 unspecified atom stereocenters. The van der Waals surface area contributed by atoms with Gasteiger partial charge in [-0.2, -0.15) is 0 Å². The monoisotopic (exact) mass is 201 g/mol. The molecule has 0 amide bonds. The van der Waals surface area contributed by atoms with E-state index >= 15 is 0 Å². The fourth-order valence-electron chi connectivity index (χ4n) is 1.59. The number of hydrogen-bond acceptors (Lipinski definition) is 1. The first-order valence-corrected chi connectivity index (χ1v) is 4.78. The molecule has 0 aromatic carbocycles. The van der Waals surface area contributed by atoms with Crippen LogP contribution in [-0.2, 0) is 6.54 Å². The largest absolute Gasteiger partial charge is 0.388 e. The van der Waals surface area contributed by atoms with E-state index in [1.165, 1.54) is 4.57 Å². The topological polar surface area (TPSA) is 25.2 Å². The second-order valence-corrected chi connectivity index (χ2v) is 3.81. The molecule has 1 heterocycles. The van der Waals surface area contributed by atoms with E-state index in [1.54, 1.807) is 18.5 Å². The lowest BCUT2D eigenvalue weighted by Gasteiger charge is -2.06. The Labute approximate surface area is 81.2 Å². The van der Waals surface area contributed by atoms with E-state index in [-0.39, 0.29) is 6.54 Å². The van der Waals surface area contributed by atoms with Crippen LogP contribution in [0.5, 0.6) is 0 Å². The summed E-state index contributed by atoms with van der Waals surface area (Å²) in [6, 6.07) is 1.71. The van der Waals surface area contributed by atoms with E-state index in [2.05, 4.69) is 0 Å². The number of aliphatic hydroxyl groups is 1. The Hall–Kier alpha value is -0.900. The highest BCUT2D eigenvalue weighted by atomic mass is 19.3. The van der Waals surface area contributed by atoms with Crippen molar-refractivity contribution in [3.05, 3.63) is 24.0 Å². The van der Waals surface area contributed by atoms with Gasteiger partial charge in [-0.05, 0) is 30.4 Å². The van der Waals surface area contributed by atoms with E-state index < -0.39 is 12.5 Å². The van der Waals surface area contributed by atoms with Gasteiger partial charge in [-0.1, -0.05) is 0 Å². The molecule has 1 N–H and O–H groups in total. The van der Waals surface area contributed by atoms with Gasteiger partial charge < -0.3 is 9.67 Å². The van der Waals surface area contributed by atoms with E-state index in [0.717, 1.165) is 18.4 Å². The maximum Gasteiger partial charge on any atom is 0.256 e. The van der Waals surface area contributed by atoms with Crippen LogP contribution in [0.2, 0.25) is 0 Å². The molecule has 0 bridgehead atoms. The first kappa shape index (κ1) is 9.65. The lowest BCUT2D eigenvalue weighted by Crippen LogP contribution is -2.04. The standard InChI is InChI=1S/C10H13F2NO/c11-9(12)6-13-4-3-8(5-13)10(14)7-1-2-7/h3-5,7,9-10,14H,1-2,6H2. The van der Waals surface area contributed by atoms with Gasteiger partial charge >= 0.3 is 0 Å². The number of aromatic nitrogens is 1. The smallest absolute Gasteiger partial charge is 0.256 e. The number of halogens is 2. The van der Waals surface area contributed by atoms with Crippen molar-refractivity contribution in [3.8, 4) is 0 Å². The van der Waals surface area contributed by atoms with Crippen LogP contribution in [0, 0.1) is 5.92 Å². The summed E-state index contributed by atoms with van der Waals surface area (Å²) in [6.45, 7) is -0.294. The van der Waals surface area contributed by atoms with Crippen molar-refractivity contribution < 1.29 is 13.9 Å². The minimum Gasteiger partial charge on any atom is -0.388 e. The lowest BCUT2D eigenvalue weighted by atomic mass is 10.1. The Bertz CT molecular complexity index is 307. The molecule has 78 valence electrons. The van der Waals surface area contributed by atoms with Crippen molar-refractivity contribution in [2.75, 3.05) is 0 Å². The summed E-state index contributed by atoms with van der Waals surface area (Å²) in [5.74, 6) is 0.345. The minimum absolute atomic E-state index is 0.294. The van der Waals surface area contributed by atoms with E-state index in [9.17, 15) is 13.9 Å². The summed E-state index contributed by atoms with van der Waals surface area (Å²) in [5.41, 5.74) is 0.758. The van der Waals surface area contributed by atoms with Crippen molar-refractivity contribution >= 4 is 0 Å². The van der Waals surface area contributed by atoms with E-state index in [1.807, 2.05) is 0 Å². The molecular formula is C10H13F2NO. The predicted octanol–water partition coefficient (Wildman–Crippen LogP) is 2.20. The zero-order chi connectivity index (χ0) is 10.1. The molecule has 0 radical (unpaired) electrons. The number of aliphatic hydroxyl groups excluding tert-OH is 1. The summed E-state index contributed by atoms with van der Waals surface area (Å²) in [4.78, 5) is 0. The van der Waals surface area contributed by atoms with E-state index in [4.69, 9.17) is 0 Å². The summed E-state index contributed by atoms with van der Waals surface area (Å²) in [6.07, 6.45) is 2.48. The van der Waals surface area contributed by atoms with E-state index in [0.29, 0.717) is 5.92 Å². The lowest BCUT2D eigenvalue weighted by molar-refractivity contribution is 0.126. The molecule has 1 saturated carbocycles. The molecule has 1 aromatic rings. The van der Waals surface area contributed by atoms with Gasteiger partial charge in [-0.15, -0.1) is 0 Å². The second kappa shape index (κ2) is 3.69. The molecular weight excluding hydrogens is 188 g/mol. The Morgan fingerprint density at radius 2 is 2.21 bits per heavy atom. The van der Waals surface area contributed by atoms with Crippen LogP contribution in [0.1, 0.15) is 24.5 Å². The maximum absolute atomic E-state index is 12.0.